The van der Waals surface area contributed by atoms with E-state index in [-0.39, 0.29) is 0 Å². The number of hydrogen-bond acceptors (Lipinski definition) is 3. The van der Waals surface area contributed by atoms with Gasteiger partial charge in [-0.15, -0.1) is 5.10 Å². The van der Waals surface area contributed by atoms with E-state index in [4.69, 9.17) is 11.6 Å². The highest BCUT2D eigenvalue weighted by Gasteiger charge is 2.05. The van der Waals surface area contributed by atoms with E-state index < -0.39 is 0 Å². The molecule has 0 bridgehead atoms. The van der Waals surface area contributed by atoms with Crippen molar-refractivity contribution in [2.45, 2.75) is 13.5 Å². The van der Waals surface area contributed by atoms with Crippen molar-refractivity contribution >= 4 is 22.6 Å². The van der Waals surface area contributed by atoms with E-state index in [9.17, 15) is 0 Å². The molecule has 0 aromatic carbocycles. The number of fused-ring (bicyclic) bond motifs is 1. The van der Waals surface area contributed by atoms with E-state index in [2.05, 4.69) is 15.3 Å². The monoisotopic (exact) mass is 182 g/mol. The lowest BCUT2D eigenvalue weighted by molar-refractivity contribution is 0.672. The summed E-state index contributed by atoms with van der Waals surface area (Å²) in [6, 6.07) is 0. The fourth-order valence-electron chi connectivity index (χ4n) is 1.09. The van der Waals surface area contributed by atoms with Crippen LogP contribution >= 0.6 is 11.6 Å². The van der Waals surface area contributed by atoms with Crippen LogP contribution in [0.15, 0.2) is 12.4 Å². The second-order valence-corrected chi connectivity index (χ2v) is 2.80. The normalized spacial score (nSPS) is 10.8. The summed E-state index contributed by atoms with van der Waals surface area (Å²) in [7, 11) is 0. The third-order valence-corrected chi connectivity index (χ3v) is 1.99. The molecular formula is C7H7ClN4. The SMILES string of the molecule is CCn1ncc2c(Cl)cnnc21. The number of halogens is 1. The Labute approximate surface area is 74.2 Å². The first-order valence-corrected chi connectivity index (χ1v) is 4.03. The molecule has 0 radical (unpaired) electrons. The molecule has 0 fully saturated rings. The zero-order chi connectivity index (χ0) is 8.55. The molecule has 2 aromatic heterocycles. The summed E-state index contributed by atoms with van der Waals surface area (Å²) >= 11 is 5.87. The fraction of sp³-hybridized carbons (Fsp3) is 0.286. The van der Waals surface area contributed by atoms with E-state index >= 15 is 0 Å². The summed E-state index contributed by atoms with van der Waals surface area (Å²) < 4.78 is 1.76. The number of rotatable bonds is 1. The maximum Gasteiger partial charge on any atom is 0.181 e. The Morgan fingerprint density at radius 2 is 2.33 bits per heavy atom. The van der Waals surface area contributed by atoms with E-state index in [0.29, 0.717) is 5.02 Å². The number of aryl methyl sites for hydroxylation is 1. The van der Waals surface area contributed by atoms with Crippen LogP contribution in [-0.2, 0) is 6.54 Å². The lowest BCUT2D eigenvalue weighted by atomic mass is 10.4. The molecule has 0 amide bonds. The van der Waals surface area contributed by atoms with E-state index in [0.717, 1.165) is 17.6 Å². The molecule has 0 unspecified atom stereocenters. The number of hydrogen-bond donors (Lipinski definition) is 0. The van der Waals surface area contributed by atoms with Gasteiger partial charge in [0, 0.05) is 6.54 Å². The first-order chi connectivity index (χ1) is 5.83. The van der Waals surface area contributed by atoms with Crippen molar-refractivity contribution in [3.8, 4) is 0 Å². The van der Waals surface area contributed by atoms with Crippen LogP contribution in [0.1, 0.15) is 6.92 Å². The Kier molecular flexibility index (Phi) is 1.69. The molecule has 0 spiro atoms. The van der Waals surface area contributed by atoms with Gasteiger partial charge in [0.05, 0.1) is 22.8 Å². The highest BCUT2D eigenvalue weighted by Crippen LogP contribution is 2.18. The van der Waals surface area contributed by atoms with Crippen LogP contribution in [0, 0.1) is 0 Å². The molecule has 5 heteroatoms. The van der Waals surface area contributed by atoms with Gasteiger partial charge in [0.1, 0.15) is 0 Å². The number of aromatic nitrogens is 4. The summed E-state index contributed by atoms with van der Waals surface area (Å²) in [6.45, 7) is 2.77. The second kappa shape index (κ2) is 2.71. The topological polar surface area (TPSA) is 43.6 Å². The molecule has 62 valence electrons. The van der Waals surface area contributed by atoms with Gasteiger partial charge >= 0.3 is 0 Å². The highest BCUT2D eigenvalue weighted by molar-refractivity contribution is 6.34. The summed E-state index contributed by atoms with van der Waals surface area (Å²) in [6.07, 6.45) is 3.22. The third-order valence-electron chi connectivity index (χ3n) is 1.69. The van der Waals surface area contributed by atoms with Gasteiger partial charge in [-0.3, -0.25) is 0 Å². The van der Waals surface area contributed by atoms with Crippen LogP contribution in [0.3, 0.4) is 0 Å². The van der Waals surface area contributed by atoms with Crippen molar-refractivity contribution in [1.29, 1.82) is 0 Å². The molecule has 2 heterocycles. The zero-order valence-corrected chi connectivity index (χ0v) is 7.28. The maximum atomic E-state index is 5.87. The van der Waals surface area contributed by atoms with Crippen molar-refractivity contribution in [2.24, 2.45) is 0 Å². The Hall–Kier alpha value is -1.16. The molecule has 0 aliphatic rings. The van der Waals surface area contributed by atoms with Crippen molar-refractivity contribution < 1.29 is 0 Å². The molecule has 0 saturated heterocycles. The molecular weight excluding hydrogens is 176 g/mol. The summed E-state index contributed by atoms with van der Waals surface area (Å²) in [5, 5.41) is 13.2. The van der Waals surface area contributed by atoms with Crippen LogP contribution in [0.4, 0.5) is 0 Å². The van der Waals surface area contributed by atoms with Gasteiger partial charge in [-0.2, -0.15) is 10.2 Å². The Bertz CT molecular complexity index is 409. The first kappa shape index (κ1) is 7.49. The quantitative estimate of drug-likeness (QED) is 0.672. The molecule has 4 nitrogen and oxygen atoms in total. The van der Waals surface area contributed by atoms with Gasteiger partial charge in [0.15, 0.2) is 5.65 Å². The average Bonchev–Trinajstić information content (AvgIpc) is 2.49. The standard InChI is InChI=1S/C7H7ClN4/c1-2-12-7-5(3-10-12)6(8)4-9-11-7/h3-4H,2H2,1H3. The van der Waals surface area contributed by atoms with Crippen molar-refractivity contribution in [1.82, 2.24) is 20.0 Å². The van der Waals surface area contributed by atoms with Crippen LogP contribution < -0.4 is 0 Å². The minimum Gasteiger partial charge on any atom is -0.246 e. The van der Waals surface area contributed by atoms with E-state index in [1.165, 1.54) is 6.20 Å². The predicted octanol–water partition coefficient (Wildman–Crippen LogP) is 1.50. The van der Waals surface area contributed by atoms with Crippen LogP contribution in [0.2, 0.25) is 5.02 Å². The second-order valence-electron chi connectivity index (χ2n) is 2.39. The van der Waals surface area contributed by atoms with Crippen LogP contribution in [0.25, 0.3) is 11.0 Å². The molecule has 0 saturated carbocycles. The van der Waals surface area contributed by atoms with Gasteiger partial charge in [-0.05, 0) is 6.92 Å². The van der Waals surface area contributed by atoms with Gasteiger partial charge in [-0.1, -0.05) is 11.6 Å². The first-order valence-electron chi connectivity index (χ1n) is 3.65. The average molecular weight is 183 g/mol. The Morgan fingerprint density at radius 1 is 1.50 bits per heavy atom. The Morgan fingerprint density at radius 3 is 3.08 bits per heavy atom. The molecule has 0 aliphatic heterocycles. The lowest BCUT2D eigenvalue weighted by Crippen LogP contribution is -1.97. The molecule has 2 rings (SSSR count). The molecule has 2 aromatic rings. The van der Waals surface area contributed by atoms with Crippen LogP contribution in [-0.4, -0.2) is 20.0 Å². The summed E-state index contributed by atoms with van der Waals surface area (Å²) in [5.74, 6) is 0. The smallest absolute Gasteiger partial charge is 0.181 e. The minimum absolute atomic E-state index is 0.597. The van der Waals surface area contributed by atoms with Gasteiger partial charge in [0.2, 0.25) is 0 Å². The maximum absolute atomic E-state index is 5.87. The zero-order valence-electron chi connectivity index (χ0n) is 6.53. The van der Waals surface area contributed by atoms with Gasteiger partial charge in [-0.25, -0.2) is 4.68 Å². The molecule has 12 heavy (non-hydrogen) atoms. The van der Waals surface area contributed by atoms with E-state index in [1.54, 1.807) is 10.9 Å². The minimum atomic E-state index is 0.597. The highest BCUT2D eigenvalue weighted by atomic mass is 35.5. The van der Waals surface area contributed by atoms with Crippen molar-refractivity contribution in [2.75, 3.05) is 0 Å². The summed E-state index contributed by atoms with van der Waals surface area (Å²) in [5.41, 5.74) is 0.741. The molecule has 0 N–H and O–H groups in total. The third kappa shape index (κ3) is 0.956. The molecule has 0 atom stereocenters. The van der Waals surface area contributed by atoms with Gasteiger partial charge < -0.3 is 0 Å². The van der Waals surface area contributed by atoms with Crippen LogP contribution in [0.5, 0.6) is 0 Å². The fourth-order valence-corrected chi connectivity index (χ4v) is 1.27. The van der Waals surface area contributed by atoms with E-state index in [1.807, 2.05) is 6.92 Å². The largest absolute Gasteiger partial charge is 0.246 e. The van der Waals surface area contributed by atoms with Crippen molar-refractivity contribution in [3.05, 3.63) is 17.4 Å². The van der Waals surface area contributed by atoms with Gasteiger partial charge in [0.25, 0.3) is 0 Å². The predicted molar refractivity (Wildman–Crippen MR) is 46.0 cm³/mol. The number of nitrogens with zero attached hydrogens (tertiary/aromatic N) is 4. The van der Waals surface area contributed by atoms with Crippen molar-refractivity contribution in [3.63, 3.8) is 0 Å². The summed E-state index contributed by atoms with van der Waals surface area (Å²) in [4.78, 5) is 0. The Balaban J connectivity index is 2.80. The molecule has 0 aliphatic carbocycles. The lowest BCUT2D eigenvalue weighted by Gasteiger charge is -1.95.